The summed E-state index contributed by atoms with van der Waals surface area (Å²) in [6.45, 7) is 6.48. The second kappa shape index (κ2) is 7.25. The molecule has 0 amide bonds. The molecule has 1 fully saturated rings. The van der Waals surface area contributed by atoms with E-state index in [1.807, 2.05) is 29.6 Å². The van der Waals surface area contributed by atoms with Crippen molar-refractivity contribution in [3.05, 3.63) is 48.2 Å². The number of fused-ring (bicyclic) bond motifs is 2. The Kier molecular flexibility index (Phi) is 4.44. The fourth-order valence-corrected chi connectivity index (χ4v) is 3.77. The van der Waals surface area contributed by atoms with Gasteiger partial charge in [0.2, 0.25) is 5.88 Å². The molecular weight excluding hydrogens is 368 g/mol. The minimum atomic E-state index is 0.608. The molecule has 1 aliphatic rings. The van der Waals surface area contributed by atoms with Gasteiger partial charge in [-0.25, -0.2) is 9.97 Å². The van der Waals surface area contributed by atoms with Gasteiger partial charge in [-0.1, -0.05) is 0 Å². The zero-order valence-electron chi connectivity index (χ0n) is 16.5. The van der Waals surface area contributed by atoms with Gasteiger partial charge < -0.3 is 9.64 Å². The molecule has 1 aliphatic heterocycles. The highest BCUT2D eigenvalue weighted by Crippen LogP contribution is 2.27. The summed E-state index contributed by atoms with van der Waals surface area (Å²) in [4.78, 5) is 13.3. The van der Waals surface area contributed by atoms with E-state index in [-0.39, 0.29) is 0 Å². The van der Waals surface area contributed by atoms with Crippen LogP contribution in [0.15, 0.2) is 36.7 Å². The lowest BCUT2D eigenvalue weighted by Gasteiger charge is -2.35. The molecule has 0 aliphatic carbocycles. The molecule has 0 atom stereocenters. The first-order chi connectivity index (χ1) is 14.2. The van der Waals surface area contributed by atoms with Crippen molar-refractivity contribution < 1.29 is 4.74 Å². The summed E-state index contributed by atoms with van der Waals surface area (Å²) < 4.78 is 7.23. The Morgan fingerprint density at radius 3 is 2.69 bits per heavy atom. The number of nitrogens with zero attached hydrogens (tertiary/aromatic N) is 8. The quantitative estimate of drug-likeness (QED) is 0.521. The van der Waals surface area contributed by atoms with Crippen molar-refractivity contribution in [1.29, 1.82) is 0 Å². The van der Waals surface area contributed by atoms with Gasteiger partial charge >= 0.3 is 0 Å². The fraction of sp³-hybridized carbons (Fsp3) is 0.350. The number of hydrogen-bond donors (Lipinski definition) is 0. The van der Waals surface area contributed by atoms with Gasteiger partial charge in [-0.3, -0.25) is 4.90 Å². The van der Waals surface area contributed by atoms with Gasteiger partial charge in [0.05, 0.1) is 30.3 Å². The van der Waals surface area contributed by atoms with Crippen molar-refractivity contribution >= 4 is 22.2 Å². The maximum absolute atomic E-state index is 5.39. The molecule has 0 bridgehead atoms. The van der Waals surface area contributed by atoms with Gasteiger partial charge in [-0.2, -0.15) is 9.61 Å². The summed E-state index contributed by atoms with van der Waals surface area (Å²) in [5.41, 5.74) is 3.80. The van der Waals surface area contributed by atoms with Crippen LogP contribution in [0.25, 0.3) is 16.6 Å². The van der Waals surface area contributed by atoms with Crippen molar-refractivity contribution in [3.8, 4) is 5.88 Å². The zero-order valence-corrected chi connectivity index (χ0v) is 16.5. The molecule has 4 heterocycles. The molecular formula is C20H22N8O. The normalized spacial score (nSPS) is 15.3. The first-order valence-corrected chi connectivity index (χ1v) is 9.65. The first-order valence-electron chi connectivity index (χ1n) is 9.65. The Labute approximate surface area is 168 Å². The van der Waals surface area contributed by atoms with E-state index in [2.05, 4.69) is 47.2 Å². The number of ether oxygens (including phenoxy) is 1. The smallest absolute Gasteiger partial charge is 0.224 e. The highest BCUT2D eigenvalue weighted by Gasteiger charge is 2.20. The number of anilines is 1. The average molecular weight is 390 g/mol. The molecule has 29 heavy (non-hydrogen) atoms. The molecule has 0 N–H and O–H groups in total. The molecule has 0 radical (unpaired) electrons. The maximum atomic E-state index is 5.39. The molecule has 1 aromatic carbocycles. The molecule has 148 valence electrons. The van der Waals surface area contributed by atoms with Gasteiger partial charge in [0, 0.05) is 31.9 Å². The molecule has 0 saturated carbocycles. The van der Waals surface area contributed by atoms with Gasteiger partial charge in [0.1, 0.15) is 6.33 Å². The number of aryl methyl sites for hydroxylation is 1. The summed E-state index contributed by atoms with van der Waals surface area (Å²) in [6, 6.07) is 10.2. The zero-order chi connectivity index (χ0) is 19.8. The largest absolute Gasteiger partial charge is 0.480 e. The van der Waals surface area contributed by atoms with E-state index in [9.17, 15) is 0 Å². The minimum absolute atomic E-state index is 0.608. The Bertz CT molecular complexity index is 1170. The van der Waals surface area contributed by atoms with E-state index in [0.717, 1.165) is 66.5 Å². The van der Waals surface area contributed by atoms with Gasteiger partial charge in [0.15, 0.2) is 11.5 Å². The van der Waals surface area contributed by atoms with Crippen molar-refractivity contribution in [2.75, 3.05) is 38.2 Å². The average Bonchev–Trinajstić information content (AvgIpc) is 3.15. The van der Waals surface area contributed by atoms with Crippen LogP contribution in [0.2, 0.25) is 0 Å². The minimum Gasteiger partial charge on any atom is -0.480 e. The number of piperazine rings is 1. The third-order valence-corrected chi connectivity index (χ3v) is 5.34. The third-order valence-electron chi connectivity index (χ3n) is 5.34. The number of rotatable bonds is 4. The summed E-state index contributed by atoms with van der Waals surface area (Å²) in [6.07, 6.45) is 1.53. The second-order valence-electron chi connectivity index (χ2n) is 7.21. The van der Waals surface area contributed by atoms with Crippen molar-refractivity contribution in [2.45, 2.75) is 13.5 Å². The maximum Gasteiger partial charge on any atom is 0.224 e. The van der Waals surface area contributed by atoms with Crippen molar-refractivity contribution in [2.24, 2.45) is 0 Å². The Morgan fingerprint density at radius 1 is 1.00 bits per heavy atom. The topological polar surface area (TPSA) is 84.6 Å². The third kappa shape index (κ3) is 3.33. The van der Waals surface area contributed by atoms with Crippen LogP contribution in [0.4, 0.5) is 5.69 Å². The molecule has 4 aromatic rings. The van der Waals surface area contributed by atoms with Crippen LogP contribution in [-0.4, -0.2) is 68.0 Å². The highest BCUT2D eigenvalue weighted by atomic mass is 16.5. The van der Waals surface area contributed by atoms with E-state index in [1.165, 1.54) is 6.33 Å². The summed E-state index contributed by atoms with van der Waals surface area (Å²) in [5, 5.41) is 14.0. The predicted molar refractivity (Wildman–Crippen MR) is 109 cm³/mol. The fourth-order valence-electron chi connectivity index (χ4n) is 3.77. The number of hydrogen-bond acceptors (Lipinski definition) is 8. The van der Waals surface area contributed by atoms with Gasteiger partial charge in [-0.15, -0.1) is 10.2 Å². The van der Waals surface area contributed by atoms with E-state index in [1.54, 1.807) is 7.11 Å². The molecule has 0 unspecified atom stereocenters. The Balaban J connectivity index is 1.30. The molecule has 5 rings (SSSR count). The summed E-state index contributed by atoms with van der Waals surface area (Å²) in [7, 11) is 1.64. The van der Waals surface area contributed by atoms with Crippen LogP contribution in [0.5, 0.6) is 5.88 Å². The number of aromatic nitrogens is 6. The Hall–Kier alpha value is -3.33. The molecule has 0 spiro atoms. The van der Waals surface area contributed by atoms with Crippen LogP contribution >= 0.6 is 0 Å². The molecule has 3 aromatic heterocycles. The van der Waals surface area contributed by atoms with Crippen LogP contribution in [0, 0.1) is 6.92 Å². The van der Waals surface area contributed by atoms with E-state index in [4.69, 9.17) is 4.74 Å². The van der Waals surface area contributed by atoms with Crippen LogP contribution in [0.3, 0.4) is 0 Å². The standard InChI is InChI=1S/C20H22N8O/c1-14-3-6-18-23-24-19(28(18)25-14)12-26-7-9-27(10-8-26)15-4-5-17-16(11-15)20(29-2)22-13-21-17/h3-6,11,13H,7-10,12H2,1-2H3. The lowest BCUT2D eigenvalue weighted by molar-refractivity contribution is 0.242. The van der Waals surface area contributed by atoms with E-state index >= 15 is 0 Å². The van der Waals surface area contributed by atoms with Gasteiger partial charge in [-0.05, 0) is 37.3 Å². The van der Waals surface area contributed by atoms with Crippen molar-refractivity contribution in [1.82, 2.24) is 34.7 Å². The van der Waals surface area contributed by atoms with E-state index < -0.39 is 0 Å². The Morgan fingerprint density at radius 2 is 1.86 bits per heavy atom. The predicted octanol–water partition coefficient (Wildman–Crippen LogP) is 1.71. The molecule has 9 heteroatoms. The van der Waals surface area contributed by atoms with Crippen LogP contribution < -0.4 is 9.64 Å². The van der Waals surface area contributed by atoms with Crippen molar-refractivity contribution in [3.63, 3.8) is 0 Å². The lowest BCUT2D eigenvalue weighted by Crippen LogP contribution is -2.46. The monoisotopic (exact) mass is 390 g/mol. The van der Waals surface area contributed by atoms with Crippen LogP contribution in [-0.2, 0) is 6.54 Å². The SMILES string of the molecule is COc1ncnc2ccc(N3CCN(Cc4nnc5ccc(C)nn45)CC3)cc12. The molecule has 1 saturated heterocycles. The lowest BCUT2D eigenvalue weighted by atomic mass is 10.2. The van der Waals surface area contributed by atoms with Crippen LogP contribution in [0.1, 0.15) is 11.5 Å². The first kappa shape index (κ1) is 17.7. The highest BCUT2D eigenvalue weighted by molar-refractivity contribution is 5.86. The number of benzene rings is 1. The second-order valence-corrected chi connectivity index (χ2v) is 7.21. The molecule has 9 nitrogen and oxygen atoms in total. The summed E-state index contributed by atoms with van der Waals surface area (Å²) in [5.74, 6) is 1.49. The number of methoxy groups -OCH3 is 1. The van der Waals surface area contributed by atoms with Gasteiger partial charge in [0.25, 0.3) is 0 Å². The van der Waals surface area contributed by atoms with E-state index in [0.29, 0.717) is 5.88 Å². The summed E-state index contributed by atoms with van der Waals surface area (Å²) >= 11 is 0.